The van der Waals surface area contributed by atoms with Crippen LogP contribution in [0.2, 0.25) is 0 Å². The molecular formula is C13H11BrN4S. The van der Waals surface area contributed by atoms with Gasteiger partial charge in [0.05, 0.1) is 11.4 Å². The van der Waals surface area contributed by atoms with Gasteiger partial charge in [-0.15, -0.1) is 11.8 Å². The molecule has 0 fully saturated rings. The van der Waals surface area contributed by atoms with Crippen LogP contribution in [0.5, 0.6) is 0 Å². The van der Waals surface area contributed by atoms with Crippen LogP contribution in [0, 0.1) is 18.3 Å². The zero-order valence-electron chi connectivity index (χ0n) is 10.2. The van der Waals surface area contributed by atoms with Crippen molar-refractivity contribution < 1.29 is 0 Å². The van der Waals surface area contributed by atoms with Gasteiger partial charge in [0.15, 0.2) is 0 Å². The summed E-state index contributed by atoms with van der Waals surface area (Å²) in [6, 6.07) is 10.0. The zero-order chi connectivity index (χ0) is 13.8. The third kappa shape index (κ3) is 3.46. The Morgan fingerprint density at radius 3 is 2.58 bits per heavy atom. The Morgan fingerprint density at radius 2 is 2.00 bits per heavy atom. The second kappa shape index (κ2) is 6.04. The molecule has 6 heteroatoms. The van der Waals surface area contributed by atoms with Crippen molar-refractivity contribution in [2.24, 2.45) is 0 Å². The lowest BCUT2D eigenvalue weighted by atomic mass is 10.2. The van der Waals surface area contributed by atoms with Crippen molar-refractivity contribution in [2.75, 3.05) is 5.73 Å². The molecule has 0 spiro atoms. The van der Waals surface area contributed by atoms with Gasteiger partial charge in [0.25, 0.3) is 0 Å². The molecule has 0 atom stereocenters. The van der Waals surface area contributed by atoms with E-state index in [0.717, 1.165) is 9.37 Å². The van der Waals surface area contributed by atoms with Crippen molar-refractivity contribution in [3.8, 4) is 6.07 Å². The van der Waals surface area contributed by atoms with Gasteiger partial charge in [-0.1, -0.05) is 15.9 Å². The molecule has 0 aliphatic rings. The van der Waals surface area contributed by atoms with Gasteiger partial charge in [-0.3, -0.25) is 0 Å². The van der Waals surface area contributed by atoms with Gasteiger partial charge in [0, 0.05) is 9.37 Å². The number of hydrogen-bond acceptors (Lipinski definition) is 5. The quantitative estimate of drug-likeness (QED) is 0.871. The highest BCUT2D eigenvalue weighted by molar-refractivity contribution is 9.10. The van der Waals surface area contributed by atoms with Crippen LogP contribution >= 0.6 is 27.7 Å². The molecule has 19 heavy (non-hydrogen) atoms. The van der Waals surface area contributed by atoms with Gasteiger partial charge in [0.2, 0.25) is 0 Å². The van der Waals surface area contributed by atoms with E-state index in [1.54, 1.807) is 18.7 Å². The molecular weight excluding hydrogens is 324 g/mol. The molecule has 1 aromatic carbocycles. The predicted octanol–water partition coefficient (Wildman–Crippen LogP) is 3.29. The predicted molar refractivity (Wildman–Crippen MR) is 79.6 cm³/mol. The molecule has 0 radical (unpaired) electrons. The number of hydrogen-bond donors (Lipinski definition) is 1. The van der Waals surface area contributed by atoms with Gasteiger partial charge in [0.1, 0.15) is 23.3 Å². The molecule has 0 bridgehead atoms. The van der Waals surface area contributed by atoms with Crippen LogP contribution < -0.4 is 5.73 Å². The second-order valence-corrected chi connectivity index (χ2v) is 5.80. The summed E-state index contributed by atoms with van der Waals surface area (Å²) in [5, 5.41) is 8.90. The van der Waals surface area contributed by atoms with E-state index in [1.165, 1.54) is 0 Å². The number of aryl methyl sites for hydroxylation is 1. The maximum absolute atomic E-state index is 8.90. The molecule has 0 aliphatic carbocycles. The third-order valence-corrected chi connectivity index (χ3v) is 3.99. The summed E-state index contributed by atoms with van der Waals surface area (Å²) in [4.78, 5) is 9.58. The first-order chi connectivity index (χ1) is 9.10. The molecule has 2 rings (SSSR count). The minimum Gasteiger partial charge on any atom is -0.382 e. The summed E-state index contributed by atoms with van der Waals surface area (Å²) in [7, 11) is 0. The SMILES string of the molecule is Cc1nc(CSc2ccc(Br)cc2)nc(N)c1C#N. The highest BCUT2D eigenvalue weighted by atomic mass is 79.9. The average molecular weight is 335 g/mol. The lowest BCUT2D eigenvalue weighted by Gasteiger charge is -2.05. The number of halogens is 1. The number of rotatable bonds is 3. The van der Waals surface area contributed by atoms with Crippen molar-refractivity contribution in [3.63, 3.8) is 0 Å². The molecule has 0 amide bonds. The average Bonchev–Trinajstić information content (AvgIpc) is 2.38. The van der Waals surface area contributed by atoms with E-state index < -0.39 is 0 Å². The summed E-state index contributed by atoms with van der Waals surface area (Å²) in [5.74, 6) is 1.52. The van der Waals surface area contributed by atoms with Crippen LogP contribution in [0.4, 0.5) is 5.82 Å². The Balaban J connectivity index is 2.12. The molecule has 2 N–H and O–H groups in total. The molecule has 96 valence electrons. The highest BCUT2D eigenvalue weighted by Crippen LogP contribution is 2.24. The van der Waals surface area contributed by atoms with E-state index in [0.29, 0.717) is 22.8 Å². The van der Waals surface area contributed by atoms with Crippen molar-refractivity contribution in [3.05, 3.63) is 45.8 Å². The van der Waals surface area contributed by atoms with Crippen molar-refractivity contribution in [1.29, 1.82) is 5.26 Å². The van der Waals surface area contributed by atoms with Gasteiger partial charge in [-0.05, 0) is 31.2 Å². The van der Waals surface area contributed by atoms with Crippen molar-refractivity contribution in [2.45, 2.75) is 17.6 Å². The number of thioether (sulfide) groups is 1. The van der Waals surface area contributed by atoms with Crippen LogP contribution in [0.25, 0.3) is 0 Å². The molecule has 0 saturated carbocycles. The lowest BCUT2D eigenvalue weighted by molar-refractivity contribution is 0.994. The van der Waals surface area contributed by atoms with Gasteiger partial charge in [-0.2, -0.15) is 5.26 Å². The van der Waals surface area contributed by atoms with E-state index in [1.807, 2.05) is 30.3 Å². The Morgan fingerprint density at radius 1 is 1.32 bits per heavy atom. The summed E-state index contributed by atoms with van der Waals surface area (Å²) in [6.07, 6.45) is 0. The zero-order valence-corrected chi connectivity index (χ0v) is 12.6. The van der Waals surface area contributed by atoms with Crippen LogP contribution in [-0.4, -0.2) is 9.97 Å². The van der Waals surface area contributed by atoms with Crippen LogP contribution in [-0.2, 0) is 5.75 Å². The largest absolute Gasteiger partial charge is 0.382 e. The van der Waals surface area contributed by atoms with Crippen LogP contribution in [0.1, 0.15) is 17.1 Å². The van der Waals surface area contributed by atoms with Crippen LogP contribution in [0.3, 0.4) is 0 Å². The van der Waals surface area contributed by atoms with Gasteiger partial charge < -0.3 is 5.73 Å². The normalized spacial score (nSPS) is 10.2. The van der Waals surface area contributed by atoms with Crippen LogP contribution in [0.15, 0.2) is 33.6 Å². The van der Waals surface area contributed by atoms with E-state index in [2.05, 4.69) is 25.9 Å². The smallest absolute Gasteiger partial charge is 0.145 e. The Hall–Kier alpha value is -1.58. The summed E-state index contributed by atoms with van der Waals surface area (Å²) in [6.45, 7) is 1.77. The monoisotopic (exact) mass is 334 g/mol. The number of nitrogens with two attached hydrogens (primary N) is 1. The number of aromatic nitrogens is 2. The molecule has 0 saturated heterocycles. The maximum Gasteiger partial charge on any atom is 0.145 e. The number of nitriles is 1. The number of nitrogens with zero attached hydrogens (tertiary/aromatic N) is 3. The minimum atomic E-state index is 0.251. The first-order valence-corrected chi connectivity index (χ1v) is 7.29. The summed E-state index contributed by atoms with van der Waals surface area (Å²) in [5.41, 5.74) is 6.72. The number of nitrogen functional groups attached to an aromatic ring is 1. The Bertz CT molecular complexity index is 611. The highest BCUT2D eigenvalue weighted by Gasteiger charge is 2.08. The standard InChI is InChI=1S/C13H11BrN4S/c1-8-11(6-15)13(16)18-12(17-8)7-19-10-4-2-9(14)3-5-10/h2-5H,7H2,1H3,(H2,16,17,18). The van der Waals surface area contributed by atoms with E-state index in [9.17, 15) is 0 Å². The van der Waals surface area contributed by atoms with Gasteiger partial charge >= 0.3 is 0 Å². The van der Waals surface area contributed by atoms with E-state index in [-0.39, 0.29) is 5.82 Å². The molecule has 2 aromatic rings. The molecule has 1 heterocycles. The van der Waals surface area contributed by atoms with Gasteiger partial charge in [-0.25, -0.2) is 9.97 Å². The Labute approximate surface area is 124 Å². The van der Waals surface area contributed by atoms with E-state index in [4.69, 9.17) is 11.0 Å². The number of anilines is 1. The topological polar surface area (TPSA) is 75.6 Å². The fraction of sp³-hybridized carbons (Fsp3) is 0.154. The fourth-order valence-electron chi connectivity index (χ4n) is 1.54. The van der Waals surface area contributed by atoms with Crippen molar-refractivity contribution >= 4 is 33.5 Å². The van der Waals surface area contributed by atoms with Crippen molar-refractivity contribution in [1.82, 2.24) is 9.97 Å². The Kier molecular flexibility index (Phi) is 4.40. The number of benzene rings is 1. The third-order valence-electron chi connectivity index (χ3n) is 2.46. The minimum absolute atomic E-state index is 0.251. The fourth-order valence-corrected chi connectivity index (χ4v) is 2.55. The molecule has 4 nitrogen and oxygen atoms in total. The lowest BCUT2D eigenvalue weighted by Crippen LogP contribution is -2.04. The second-order valence-electron chi connectivity index (χ2n) is 3.84. The molecule has 0 unspecified atom stereocenters. The molecule has 0 aliphatic heterocycles. The summed E-state index contributed by atoms with van der Waals surface area (Å²) >= 11 is 5.02. The summed E-state index contributed by atoms with van der Waals surface area (Å²) < 4.78 is 1.05. The molecule has 1 aromatic heterocycles. The maximum atomic E-state index is 8.90. The first kappa shape index (κ1) is 13.8. The van der Waals surface area contributed by atoms with E-state index >= 15 is 0 Å². The first-order valence-electron chi connectivity index (χ1n) is 5.51.